The molecule has 0 saturated heterocycles. The predicted octanol–water partition coefficient (Wildman–Crippen LogP) is 2.32. The van der Waals surface area contributed by atoms with Crippen LogP contribution in [-0.2, 0) is 16.4 Å². The van der Waals surface area contributed by atoms with E-state index >= 15 is 0 Å². The van der Waals surface area contributed by atoms with Gasteiger partial charge in [0.25, 0.3) is 10.0 Å². The highest BCUT2D eigenvalue weighted by Crippen LogP contribution is 2.11. The van der Waals surface area contributed by atoms with Crippen molar-refractivity contribution in [2.75, 3.05) is 6.54 Å². The Hall–Kier alpha value is -2.54. The first-order valence-corrected chi connectivity index (χ1v) is 9.00. The van der Waals surface area contributed by atoms with E-state index < -0.39 is 16.1 Å². The third kappa shape index (κ3) is 5.27. The van der Waals surface area contributed by atoms with Crippen LogP contribution in [0.5, 0.6) is 5.75 Å². The molecule has 0 fully saturated rings. The molecule has 0 unspecified atom stereocenters. The van der Waals surface area contributed by atoms with E-state index in [9.17, 15) is 18.3 Å². The van der Waals surface area contributed by atoms with Gasteiger partial charge in [-0.1, -0.05) is 29.8 Å². The fourth-order valence-corrected chi connectivity index (χ4v) is 3.02. The monoisotopic (exact) mass is 348 g/mol. The number of hydrogen-bond acceptors (Lipinski definition) is 4. The molecule has 0 aromatic heterocycles. The molecule has 0 atom stereocenters. The molecule has 0 heterocycles. The highest BCUT2D eigenvalue weighted by Gasteiger charge is 2.16. The largest absolute Gasteiger partial charge is 0.508 e. The Balaban J connectivity index is 1.78. The minimum atomic E-state index is -3.86. The fourth-order valence-electron chi connectivity index (χ4n) is 2.09. The summed E-state index contributed by atoms with van der Waals surface area (Å²) in [5, 5.41) is 11.7. The first-order chi connectivity index (χ1) is 11.4. The molecule has 2 aromatic carbocycles. The van der Waals surface area contributed by atoms with Crippen molar-refractivity contribution in [3.05, 3.63) is 59.7 Å². The maximum Gasteiger partial charge on any atom is 0.328 e. The van der Waals surface area contributed by atoms with E-state index in [1.54, 1.807) is 36.4 Å². The Morgan fingerprint density at radius 2 is 1.67 bits per heavy atom. The Kier molecular flexibility index (Phi) is 5.81. The lowest BCUT2D eigenvalue weighted by Crippen LogP contribution is -2.39. The van der Waals surface area contributed by atoms with Crippen molar-refractivity contribution < 1.29 is 18.3 Å². The van der Waals surface area contributed by atoms with Crippen molar-refractivity contribution in [3.63, 3.8) is 0 Å². The van der Waals surface area contributed by atoms with Gasteiger partial charge in [-0.25, -0.2) is 17.9 Å². The summed E-state index contributed by atoms with van der Waals surface area (Å²) in [4.78, 5) is 11.8. The number of benzene rings is 2. The molecule has 0 saturated carbocycles. The maximum absolute atomic E-state index is 12.0. The van der Waals surface area contributed by atoms with Gasteiger partial charge in [0.1, 0.15) is 5.75 Å². The number of phenols is 1. The minimum Gasteiger partial charge on any atom is -0.508 e. The number of rotatable bonds is 6. The van der Waals surface area contributed by atoms with Gasteiger partial charge in [-0.05, 0) is 49.6 Å². The summed E-state index contributed by atoms with van der Waals surface area (Å²) in [5.74, 6) is 0.206. The Morgan fingerprint density at radius 3 is 2.29 bits per heavy atom. The molecule has 0 radical (unpaired) electrons. The third-order valence-electron chi connectivity index (χ3n) is 3.42. The van der Waals surface area contributed by atoms with E-state index in [1.807, 2.05) is 11.6 Å². The van der Waals surface area contributed by atoms with Crippen molar-refractivity contribution in [1.29, 1.82) is 0 Å². The molecule has 24 heavy (non-hydrogen) atoms. The lowest BCUT2D eigenvalue weighted by Gasteiger charge is -2.09. The van der Waals surface area contributed by atoms with E-state index in [0.29, 0.717) is 19.4 Å². The molecule has 2 amide bonds. The average molecular weight is 348 g/mol. The van der Waals surface area contributed by atoms with Crippen LogP contribution in [0.1, 0.15) is 17.5 Å². The molecule has 2 rings (SSSR count). The highest BCUT2D eigenvalue weighted by molar-refractivity contribution is 7.90. The summed E-state index contributed by atoms with van der Waals surface area (Å²) in [7, 11) is -3.86. The molecule has 0 aliphatic rings. The summed E-state index contributed by atoms with van der Waals surface area (Å²) in [6, 6.07) is 12.3. The first kappa shape index (κ1) is 17.8. The fraction of sp³-hybridized carbons (Fsp3) is 0.235. The number of carbonyl (C=O) groups is 1. The van der Waals surface area contributed by atoms with Crippen molar-refractivity contribution in [2.24, 2.45) is 0 Å². The quantitative estimate of drug-likeness (QED) is 0.698. The van der Waals surface area contributed by atoms with Crippen LogP contribution < -0.4 is 10.0 Å². The van der Waals surface area contributed by atoms with Gasteiger partial charge >= 0.3 is 6.03 Å². The van der Waals surface area contributed by atoms with Gasteiger partial charge in [0, 0.05) is 6.54 Å². The summed E-state index contributed by atoms with van der Waals surface area (Å²) < 4.78 is 26.1. The number of carbonyl (C=O) groups excluding carboxylic acids is 1. The summed E-state index contributed by atoms with van der Waals surface area (Å²) >= 11 is 0. The zero-order valence-electron chi connectivity index (χ0n) is 13.3. The molecule has 0 aliphatic carbocycles. The van der Waals surface area contributed by atoms with Crippen LogP contribution in [0.3, 0.4) is 0 Å². The average Bonchev–Trinajstić information content (AvgIpc) is 2.53. The second-order valence-corrected chi connectivity index (χ2v) is 7.13. The molecule has 128 valence electrons. The molecule has 7 heteroatoms. The van der Waals surface area contributed by atoms with Gasteiger partial charge in [-0.3, -0.25) is 0 Å². The maximum atomic E-state index is 12.0. The lowest BCUT2D eigenvalue weighted by molar-refractivity contribution is 0.245. The molecule has 0 spiro atoms. The molecule has 6 nitrogen and oxygen atoms in total. The van der Waals surface area contributed by atoms with Gasteiger partial charge in [0.15, 0.2) is 0 Å². The van der Waals surface area contributed by atoms with E-state index in [0.717, 1.165) is 11.1 Å². The van der Waals surface area contributed by atoms with E-state index in [-0.39, 0.29) is 10.6 Å². The second kappa shape index (κ2) is 7.83. The van der Waals surface area contributed by atoms with Gasteiger partial charge in [0.2, 0.25) is 0 Å². The van der Waals surface area contributed by atoms with Crippen molar-refractivity contribution in [2.45, 2.75) is 24.7 Å². The summed E-state index contributed by atoms with van der Waals surface area (Å²) in [6.07, 6.45) is 1.37. The van der Waals surface area contributed by atoms with Crippen LogP contribution in [0.4, 0.5) is 4.79 Å². The number of urea groups is 1. The van der Waals surface area contributed by atoms with E-state index in [2.05, 4.69) is 5.32 Å². The Morgan fingerprint density at radius 1 is 1.04 bits per heavy atom. The predicted molar refractivity (Wildman–Crippen MR) is 91.3 cm³/mol. The van der Waals surface area contributed by atoms with Crippen molar-refractivity contribution >= 4 is 16.1 Å². The summed E-state index contributed by atoms with van der Waals surface area (Å²) in [6.45, 7) is 2.20. The SMILES string of the molecule is Cc1ccc(S(=O)(=O)NC(=O)NCCCc2ccc(O)cc2)cc1. The number of aryl methyl sites for hydroxylation is 2. The van der Waals surface area contributed by atoms with Crippen LogP contribution in [-0.4, -0.2) is 26.1 Å². The minimum absolute atomic E-state index is 0.0485. The summed E-state index contributed by atoms with van der Waals surface area (Å²) in [5.41, 5.74) is 1.97. The van der Waals surface area contributed by atoms with Crippen molar-refractivity contribution in [1.82, 2.24) is 10.0 Å². The second-order valence-electron chi connectivity index (χ2n) is 5.44. The smallest absolute Gasteiger partial charge is 0.328 e. The number of aromatic hydroxyl groups is 1. The highest BCUT2D eigenvalue weighted by atomic mass is 32.2. The zero-order chi connectivity index (χ0) is 17.6. The first-order valence-electron chi connectivity index (χ1n) is 7.52. The number of sulfonamides is 1. The van der Waals surface area contributed by atoms with E-state index in [1.165, 1.54) is 12.1 Å². The molecule has 0 aliphatic heterocycles. The normalized spacial score (nSPS) is 11.0. The molecular weight excluding hydrogens is 328 g/mol. The standard InChI is InChI=1S/C17H20N2O4S/c1-13-4-10-16(11-5-13)24(22,23)19-17(21)18-12-2-3-14-6-8-15(20)9-7-14/h4-11,20H,2-3,12H2,1H3,(H2,18,19,21). The Bertz CT molecular complexity index is 784. The molecule has 2 aromatic rings. The number of amides is 2. The van der Waals surface area contributed by atoms with Crippen LogP contribution in [0.25, 0.3) is 0 Å². The lowest BCUT2D eigenvalue weighted by atomic mass is 10.1. The van der Waals surface area contributed by atoms with Crippen LogP contribution in [0.15, 0.2) is 53.4 Å². The van der Waals surface area contributed by atoms with Gasteiger partial charge in [-0.15, -0.1) is 0 Å². The molecule has 3 N–H and O–H groups in total. The van der Waals surface area contributed by atoms with Crippen LogP contribution in [0.2, 0.25) is 0 Å². The van der Waals surface area contributed by atoms with E-state index in [4.69, 9.17) is 0 Å². The van der Waals surface area contributed by atoms with Gasteiger partial charge < -0.3 is 10.4 Å². The molecular formula is C17H20N2O4S. The van der Waals surface area contributed by atoms with Crippen molar-refractivity contribution in [3.8, 4) is 5.75 Å². The third-order valence-corrected chi connectivity index (χ3v) is 4.77. The van der Waals surface area contributed by atoms with Crippen LogP contribution in [0, 0.1) is 6.92 Å². The molecule has 0 bridgehead atoms. The number of hydrogen-bond donors (Lipinski definition) is 3. The number of nitrogens with one attached hydrogen (secondary N) is 2. The van der Waals surface area contributed by atoms with Gasteiger partial charge in [-0.2, -0.15) is 0 Å². The van der Waals surface area contributed by atoms with Gasteiger partial charge in [0.05, 0.1) is 4.90 Å². The van der Waals surface area contributed by atoms with Crippen LogP contribution >= 0.6 is 0 Å². The topological polar surface area (TPSA) is 95.5 Å². The zero-order valence-corrected chi connectivity index (χ0v) is 14.1. The number of phenolic OH excluding ortho intramolecular Hbond substituents is 1. The Labute approximate surface area is 141 Å².